The van der Waals surface area contributed by atoms with Crippen molar-refractivity contribution in [2.24, 2.45) is 17.8 Å². The van der Waals surface area contributed by atoms with Crippen LogP contribution < -0.4 is 0 Å². The summed E-state index contributed by atoms with van der Waals surface area (Å²) in [5, 5.41) is 0. The van der Waals surface area contributed by atoms with Gasteiger partial charge in [0.05, 0.1) is 0 Å². The average Bonchev–Trinajstić information content (AvgIpc) is 3.03. The second-order valence-electron chi connectivity index (χ2n) is 8.35. The Balaban J connectivity index is 2.13. The summed E-state index contributed by atoms with van der Waals surface area (Å²) in [7, 11) is 0. The second-order valence-corrected chi connectivity index (χ2v) is 8.35. The van der Waals surface area contributed by atoms with Crippen molar-refractivity contribution in [3.8, 4) is 0 Å². The lowest BCUT2D eigenvalue weighted by atomic mass is 9.75. The molecule has 0 aromatic carbocycles. The van der Waals surface area contributed by atoms with Crippen LogP contribution in [0.2, 0.25) is 0 Å². The Morgan fingerprint density at radius 2 is 1.56 bits per heavy atom. The summed E-state index contributed by atoms with van der Waals surface area (Å²) in [4.78, 5) is 23.2. The molecule has 2 rings (SSSR count). The van der Waals surface area contributed by atoms with Crippen molar-refractivity contribution in [1.29, 1.82) is 0 Å². The maximum atomic E-state index is 13.8. The van der Waals surface area contributed by atoms with Crippen LogP contribution in [0.3, 0.4) is 0 Å². The van der Waals surface area contributed by atoms with Crippen molar-refractivity contribution in [2.75, 3.05) is 0 Å². The van der Waals surface area contributed by atoms with Crippen LogP contribution in [0.25, 0.3) is 0 Å². The molecule has 2 aliphatic carbocycles. The van der Waals surface area contributed by atoms with E-state index in [-0.39, 0.29) is 18.8 Å². The quantitative estimate of drug-likeness (QED) is 0.392. The zero-order chi connectivity index (χ0) is 20.8. The van der Waals surface area contributed by atoms with Gasteiger partial charge in [0.15, 0.2) is 0 Å². The highest BCUT2D eigenvalue weighted by Gasteiger charge is 2.65. The third kappa shape index (κ3) is 4.55. The van der Waals surface area contributed by atoms with Crippen molar-refractivity contribution >= 4 is 12.1 Å². The maximum absolute atomic E-state index is 13.8. The van der Waals surface area contributed by atoms with E-state index in [1.807, 2.05) is 0 Å². The molecule has 5 atom stereocenters. The summed E-state index contributed by atoms with van der Waals surface area (Å²) in [5.74, 6) is -4.28. The molecule has 9 heteroatoms. The topological polar surface area (TPSA) is 61.8 Å². The van der Waals surface area contributed by atoms with Gasteiger partial charge in [-0.25, -0.2) is 9.59 Å². The van der Waals surface area contributed by atoms with Crippen LogP contribution in [0.5, 0.6) is 0 Å². The van der Waals surface area contributed by atoms with Gasteiger partial charge in [0, 0.05) is 5.92 Å². The van der Waals surface area contributed by atoms with Crippen LogP contribution >= 0.6 is 0 Å². The number of fused-ring (bicyclic) bond motifs is 2. The Kier molecular flexibility index (Phi) is 5.56. The molecule has 27 heavy (non-hydrogen) atoms. The number of rotatable bonds is 4. The lowest BCUT2D eigenvalue weighted by Crippen LogP contribution is -2.54. The van der Waals surface area contributed by atoms with E-state index in [2.05, 4.69) is 6.58 Å². The predicted octanol–water partition coefficient (Wildman–Crippen LogP) is 4.70. The number of ether oxygens (including phenoxy) is 3. The molecule has 5 unspecified atom stereocenters. The smallest absolute Gasteiger partial charge is 0.457 e. The van der Waals surface area contributed by atoms with Gasteiger partial charge in [-0.2, -0.15) is 17.6 Å². The normalized spacial score (nSPS) is 29.8. The number of hydrogen-bond donors (Lipinski definition) is 0. The van der Waals surface area contributed by atoms with Gasteiger partial charge in [-0.15, -0.1) is 0 Å². The Labute approximate surface area is 155 Å². The summed E-state index contributed by atoms with van der Waals surface area (Å²) >= 11 is 0. The van der Waals surface area contributed by atoms with E-state index in [0.29, 0.717) is 6.42 Å². The lowest BCUT2D eigenvalue weighted by Gasteiger charge is -2.41. The second kappa shape index (κ2) is 6.98. The highest BCUT2D eigenvalue weighted by molar-refractivity contribution is 5.85. The lowest BCUT2D eigenvalue weighted by molar-refractivity contribution is -0.283. The number of alkyl halides is 3. The first-order valence-corrected chi connectivity index (χ1v) is 8.68. The van der Waals surface area contributed by atoms with Crippen molar-refractivity contribution < 1.29 is 41.4 Å². The number of carbonyl (C=O) groups excluding carboxylic acids is 2. The van der Waals surface area contributed by atoms with Crippen LogP contribution in [-0.4, -0.2) is 35.6 Å². The molecule has 0 saturated heterocycles. The van der Waals surface area contributed by atoms with Gasteiger partial charge in [-0.1, -0.05) is 6.58 Å². The first kappa shape index (κ1) is 21.5. The van der Waals surface area contributed by atoms with Crippen LogP contribution in [-0.2, 0) is 19.0 Å². The first-order valence-electron chi connectivity index (χ1n) is 8.68. The first-order chi connectivity index (χ1) is 12.1. The van der Waals surface area contributed by atoms with Crippen LogP contribution in [0.4, 0.5) is 22.4 Å². The zero-order valence-corrected chi connectivity index (χ0v) is 15.7. The molecule has 0 radical (unpaired) electrons. The molecule has 2 aliphatic rings. The zero-order valence-electron chi connectivity index (χ0n) is 15.7. The minimum atomic E-state index is -4.81. The summed E-state index contributed by atoms with van der Waals surface area (Å²) in [6.07, 6.45) is -6.28. The highest BCUT2D eigenvalue weighted by Crippen LogP contribution is 2.57. The van der Waals surface area contributed by atoms with Gasteiger partial charge in [0.2, 0.25) is 11.4 Å². The average molecular weight is 396 g/mol. The van der Waals surface area contributed by atoms with Gasteiger partial charge in [0.1, 0.15) is 11.7 Å². The standard InChI is InChI=1S/C18H24F4O5/c1-9(19)14(23)25-13-8-10-6-11(13)7-12(10)17(5,18(20,21)22)27-15(24)26-16(2,3)4/h10-13H,1,6-8H2,2-5H3. The monoisotopic (exact) mass is 396 g/mol. The predicted molar refractivity (Wildman–Crippen MR) is 86.2 cm³/mol. The van der Waals surface area contributed by atoms with Gasteiger partial charge in [-0.05, 0) is 58.8 Å². The fourth-order valence-electron chi connectivity index (χ4n) is 4.03. The van der Waals surface area contributed by atoms with Crippen molar-refractivity contribution in [3.05, 3.63) is 12.4 Å². The molecule has 154 valence electrons. The Morgan fingerprint density at radius 1 is 0.963 bits per heavy atom. The summed E-state index contributed by atoms with van der Waals surface area (Å²) in [5.41, 5.74) is -3.72. The largest absolute Gasteiger partial charge is 0.509 e. The number of hydrogen-bond acceptors (Lipinski definition) is 5. The molecule has 0 aliphatic heterocycles. The van der Waals surface area contributed by atoms with E-state index in [0.717, 1.165) is 6.92 Å². The fraction of sp³-hybridized carbons (Fsp3) is 0.778. The fourth-order valence-corrected chi connectivity index (χ4v) is 4.03. The Morgan fingerprint density at radius 3 is 1.96 bits per heavy atom. The molecule has 0 aromatic heterocycles. The van der Waals surface area contributed by atoms with E-state index >= 15 is 0 Å². The third-order valence-corrected chi connectivity index (χ3v) is 5.23. The van der Waals surface area contributed by atoms with E-state index in [1.54, 1.807) is 0 Å². The molecular formula is C18H24F4O5. The minimum absolute atomic E-state index is 0.0418. The minimum Gasteiger partial charge on any atom is -0.457 e. The number of halogens is 4. The molecule has 0 heterocycles. The molecular weight excluding hydrogens is 372 g/mol. The van der Waals surface area contributed by atoms with E-state index in [1.165, 1.54) is 20.8 Å². The highest BCUT2D eigenvalue weighted by atomic mass is 19.4. The molecule has 0 amide bonds. The van der Waals surface area contributed by atoms with Crippen LogP contribution in [0.15, 0.2) is 12.4 Å². The van der Waals surface area contributed by atoms with Gasteiger partial charge in [-0.3, -0.25) is 0 Å². The van der Waals surface area contributed by atoms with E-state index in [9.17, 15) is 27.2 Å². The van der Waals surface area contributed by atoms with Crippen LogP contribution in [0.1, 0.15) is 47.0 Å². The number of carbonyl (C=O) groups is 2. The summed E-state index contributed by atoms with van der Waals surface area (Å²) in [6.45, 7) is 8.25. The van der Waals surface area contributed by atoms with E-state index in [4.69, 9.17) is 14.2 Å². The SMILES string of the molecule is C=C(F)C(=O)OC1CC2CC1CC2C(C)(OC(=O)OC(C)(C)C)C(F)(F)F. The van der Waals surface area contributed by atoms with Crippen molar-refractivity contribution in [2.45, 2.75) is 70.4 Å². The molecule has 2 fully saturated rings. The Bertz CT molecular complexity index is 624. The van der Waals surface area contributed by atoms with Gasteiger partial charge >= 0.3 is 18.3 Å². The molecule has 0 aromatic rings. The third-order valence-electron chi connectivity index (χ3n) is 5.23. The summed E-state index contributed by atoms with van der Waals surface area (Å²) < 4.78 is 68.9. The molecule has 5 nitrogen and oxygen atoms in total. The van der Waals surface area contributed by atoms with Crippen LogP contribution in [0, 0.1) is 17.8 Å². The maximum Gasteiger partial charge on any atom is 0.509 e. The summed E-state index contributed by atoms with van der Waals surface area (Å²) in [6, 6.07) is 0. The van der Waals surface area contributed by atoms with Crippen molar-refractivity contribution in [1.82, 2.24) is 0 Å². The van der Waals surface area contributed by atoms with E-state index < -0.39 is 53.3 Å². The number of esters is 1. The van der Waals surface area contributed by atoms with Gasteiger partial charge in [0.25, 0.3) is 0 Å². The van der Waals surface area contributed by atoms with Crippen molar-refractivity contribution in [3.63, 3.8) is 0 Å². The Hall–Kier alpha value is -1.80. The molecule has 0 spiro atoms. The molecule has 2 saturated carbocycles. The molecule has 2 bridgehead atoms. The van der Waals surface area contributed by atoms with Gasteiger partial charge < -0.3 is 14.2 Å². The molecule has 0 N–H and O–H groups in total.